The van der Waals surface area contributed by atoms with Gasteiger partial charge in [-0.2, -0.15) is 8.42 Å². The van der Waals surface area contributed by atoms with E-state index in [0.717, 1.165) is 0 Å². The number of hydrogen-bond acceptors (Lipinski definition) is 5. The number of nitrogens with two attached hydrogens (primary N) is 4. The number of rotatable bonds is 0. The topological polar surface area (TPSA) is 272 Å². The molecule has 0 spiro atoms. The fourth-order valence-electron chi connectivity index (χ4n) is 0. The van der Waals surface area contributed by atoms with Gasteiger partial charge in [-0.25, -0.2) is 0 Å². The van der Waals surface area contributed by atoms with Crippen molar-refractivity contribution in [1.29, 1.82) is 0 Å². The molecule has 0 heterocycles. The van der Waals surface area contributed by atoms with Crippen molar-refractivity contribution in [1.82, 2.24) is 0 Å². The molecular formula is CH10CoN4O7S-3. The van der Waals surface area contributed by atoms with E-state index < -0.39 is 16.6 Å². The molecule has 0 aliphatic carbocycles. The van der Waals surface area contributed by atoms with Crippen molar-refractivity contribution in [3.8, 4) is 0 Å². The van der Waals surface area contributed by atoms with Gasteiger partial charge in [0, 0.05) is 0 Å². The van der Waals surface area contributed by atoms with Gasteiger partial charge in [-0.15, -0.1) is 0 Å². The zero-order valence-electron chi connectivity index (χ0n) is 6.49. The third-order valence-corrected chi connectivity index (χ3v) is 0. The Morgan fingerprint density at radius 2 is 0.929 bits per heavy atom. The summed E-state index contributed by atoms with van der Waals surface area (Å²) in [4.78, 5) is 8.33. The first kappa shape index (κ1) is 50.0. The molecule has 0 aliphatic heterocycles. The second-order valence-corrected chi connectivity index (χ2v) is 1.59. The van der Waals surface area contributed by atoms with E-state index in [9.17, 15) is 0 Å². The van der Waals surface area contributed by atoms with Gasteiger partial charge in [-0.1, -0.05) is 0 Å². The van der Waals surface area contributed by atoms with Crippen LogP contribution in [0.3, 0.4) is 0 Å². The van der Waals surface area contributed by atoms with Crippen LogP contribution in [-0.4, -0.2) is 23.7 Å². The number of carbonyl (C=O) groups is 1. The zero-order valence-corrected chi connectivity index (χ0v) is 8.34. The summed E-state index contributed by atoms with van der Waals surface area (Å²) < 4.78 is 31.6. The molecule has 0 saturated heterocycles. The van der Waals surface area contributed by atoms with Gasteiger partial charge in [0.15, 0.2) is 0 Å². The van der Waals surface area contributed by atoms with E-state index in [4.69, 9.17) is 32.5 Å². The van der Waals surface area contributed by atoms with Crippen LogP contribution >= 0.6 is 0 Å². The predicted molar refractivity (Wildman–Crippen MR) is 40.7 cm³/mol. The summed E-state index contributed by atoms with van der Waals surface area (Å²) in [6.07, 6.45) is -2.33. The Kier molecular flexibility index (Phi) is 81.7. The van der Waals surface area contributed by atoms with Crippen molar-refractivity contribution in [2.75, 3.05) is 0 Å². The van der Waals surface area contributed by atoms with Crippen LogP contribution in [0.2, 0.25) is 0 Å². The average molecular weight is 281 g/mol. The molecule has 0 aromatic rings. The minimum absolute atomic E-state index is 0. The Balaban J connectivity index is -0.0000000104. The fraction of sp³-hybridized carbons (Fsp3) is 0. The smallest absolute Gasteiger partial charge is 0.693 e. The van der Waals surface area contributed by atoms with E-state index in [1.807, 2.05) is 0 Å². The van der Waals surface area contributed by atoms with Gasteiger partial charge in [-0.3, -0.25) is 9.11 Å². The van der Waals surface area contributed by atoms with E-state index in [-0.39, 0.29) is 41.4 Å². The van der Waals surface area contributed by atoms with Gasteiger partial charge in [-0.05, 0) is 6.16 Å². The Bertz CT molecular complexity index is 168. The zero-order chi connectivity index (χ0) is 8.08. The van der Waals surface area contributed by atoms with Crippen molar-refractivity contribution in [2.45, 2.75) is 0 Å². The van der Waals surface area contributed by atoms with Crippen LogP contribution in [0.15, 0.2) is 0 Å². The first-order valence-electron chi connectivity index (χ1n) is 1.31. The summed E-state index contributed by atoms with van der Waals surface area (Å²) in [7, 11) is -4.67. The van der Waals surface area contributed by atoms with Crippen molar-refractivity contribution >= 4 is 16.6 Å². The van der Waals surface area contributed by atoms with Crippen LogP contribution < -0.4 is 10.2 Å². The molecule has 14 heavy (non-hydrogen) atoms. The number of carboxylic acid groups (broad SMARTS) is 2. The fourth-order valence-corrected chi connectivity index (χ4v) is 0. The van der Waals surface area contributed by atoms with Crippen LogP contribution in [0.5, 0.6) is 0 Å². The molecule has 0 unspecified atom stereocenters. The summed E-state index contributed by atoms with van der Waals surface area (Å²) in [5.41, 5.74) is 0. The van der Waals surface area contributed by atoms with Gasteiger partial charge < -0.3 is 39.6 Å². The summed E-state index contributed by atoms with van der Waals surface area (Å²) in [6.45, 7) is 0. The molecule has 0 aromatic heterocycles. The molecule has 0 atom stereocenters. The molecule has 0 aliphatic rings. The molecule has 0 amide bonds. The second-order valence-electron chi connectivity index (χ2n) is 0.698. The van der Waals surface area contributed by atoms with Crippen LogP contribution in [0.25, 0.3) is 24.6 Å². The van der Waals surface area contributed by atoms with Crippen molar-refractivity contribution in [3.05, 3.63) is 24.6 Å². The van der Waals surface area contributed by atoms with Crippen LogP contribution in [0, 0.1) is 0 Å². The maximum Gasteiger partial charge on any atom is 3.00 e. The molecule has 0 fully saturated rings. The van der Waals surface area contributed by atoms with Crippen molar-refractivity contribution in [2.24, 2.45) is 0 Å². The number of carbonyl (C=O) groups excluding carboxylic acids is 1. The third kappa shape index (κ3) is 4790. The Hall–Kier alpha value is -0.514. The second kappa shape index (κ2) is 22.9. The average Bonchev–Trinajstić information content (AvgIpc) is 1.19. The standard InChI is InChI=1S/CH2O3.Co.4H2N.H2O4S/c2-1(3)4;;;;;;1-5(2,3)4/h(H2,2,3,4);;4*1H2;(H2,1,2,3,4)/q;+3;4*-1;/p-2. The minimum Gasteiger partial charge on any atom is -0.693 e. The largest absolute Gasteiger partial charge is 3.00 e. The molecule has 11 nitrogen and oxygen atoms in total. The predicted octanol–water partition coefficient (Wildman–Crippen LogP) is -0.234. The first-order chi connectivity index (χ1) is 3.73. The molecule has 0 rings (SSSR count). The van der Waals surface area contributed by atoms with Crippen molar-refractivity contribution in [3.63, 3.8) is 0 Å². The molecular weight excluding hydrogens is 271 g/mol. The Morgan fingerprint density at radius 1 is 0.929 bits per heavy atom. The Morgan fingerprint density at radius 3 is 0.929 bits per heavy atom. The number of hydrogen-bond donors (Lipinski definition) is 2. The van der Waals surface area contributed by atoms with Gasteiger partial charge in [0.1, 0.15) is 0 Å². The monoisotopic (exact) mass is 281 g/mol. The SMILES string of the molecule is O=C([O-])[O-].O=S(=O)(O)O.[Co+3].[NH2-].[NH2-].[NH2-].[NH2-]. The quantitative estimate of drug-likeness (QED) is 0.561. The molecule has 0 bridgehead atoms. The first-order valence-corrected chi connectivity index (χ1v) is 2.71. The molecule has 10 N–H and O–H groups in total. The van der Waals surface area contributed by atoms with E-state index in [0.29, 0.717) is 0 Å². The van der Waals surface area contributed by atoms with E-state index in [1.54, 1.807) is 0 Å². The minimum atomic E-state index is -4.67. The summed E-state index contributed by atoms with van der Waals surface area (Å²) in [5, 5.41) is 16.7. The van der Waals surface area contributed by atoms with Gasteiger partial charge in [0.25, 0.3) is 0 Å². The van der Waals surface area contributed by atoms with E-state index in [2.05, 4.69) is 0 Å². The normalized spacial score (nSPS) is 5.86. The van der Waals surface area contributed by atoms with Crippen LogP contribution in [0.4, 0.5) is 4.79 Å². The summed E-state index contributed by atoms with van der Waals surface area (Å²) in [5.74, 6) is 0. The van der Waals surface area contributed by atoms with Gasteiger partial charge in [0.2, 0.25) is 0 Å². The van der Waals surface area contributed by atoms with E-state index in [1.165, 1.54) is 0 Å². The van der Waals surface area contributed by atoms with Crippen LogP contribution in [0.1, 0.15) is 0 Å². The molecule has 94 valence electrons. The summed E-state index contributed by atoms with van der Waals surface area (Å²) >= 11 is 0. The summed E-state index contributed by atoms with van der Waals surface area (Å²) in [6, 6.07) is 0. The maximum atomic E-state index is 8.74. The molecule has 0 radical (unpaired) electrons. The maximum absolute atomic E-state index is 8.74. The van der Waals surface area contributed by atoms with E-state index >= 15 is 0 Å². The van der Waals surface area contributed by atoms with Crippen molar-refractivity contribution < 1.29 is 49.3 Å². The van der Waals surface area contributed by atoms with Crippen LogP contribution in [-0.2, 0) is 27.2 Å². The van der Waals surface area contributed by atoms with Gasteiger partial charge >= 0.3 is 27.2 Å². The molecule has 0 aromatic carbocycles. The molecule has 13 heteroatoms. The van der Waals surface area contributed by atoms with Gasteiger partial charge in [0.05, 0.1) is 0 Å². The third-order valence-electron chi connectivity index (χ3n) is 0. The molecule has 0 saturated carbocycles. The Labute approximate surface area is 91.0 Å².